The molecule has 0 fully saturated rings. The molecule has 4 rings (SSSR count). The van der Waals surface area contributed by atoms with Crippen LogP contribution in [0.4, 0.5) is 14.4 Å². The predicted octanol–water partition coefficient (Wildman–Crippen LogP) is 7.23. The Morgan fingerprint density at radius 2 is 1.25 bits per heavy atom. The Balaban J connectivity index is 1.56. The summed E-state index contributed by atoms with van der Waals surface area (Å²) in [5.41, 5.74) is 5.68. The summed E-state index contributed by atoms with van der Waals surface area (Å²) in [6.45, 7) is 13.6. The second-order valence-electron chi connectivity index (χ2n) is 15.7. The molecule has 13 heteroatoms. The van der Waals surface area contributed by atoms with Crippen LogP contribution in [-0.4, -0.2) is 71.6 Å². The quantitative estimate of drug-likeness (QED) is 0.0707. The first-order valence-corrected chi connectivity index (χ1v) is 18.5. The van der Waals surface area contributed by atoms with Gasteiger partial charge >= 0.3 is 24.2 Å². The number of hydrogen-bond acceptors (Lipinski definition) is 9. The van der Waals surface area contributed by atoms with Crippen LogP contribution in [0, 0.1) is 5.92 Å². The van der Waals surface area contributed by atoms with Crippen molar-refractivity contribution in [3.05, 3.63) is 95.6 Å². The maximum Gasteiger partial charge on any atom is 0.426 e. The lowest BCUT2D eigenvalue weighted by Crippen LogP contribution is -2.62. The van der Waals surface area contributed by atoms with Crippen molar-refractivity contribution in [3.8, 4) is 11.1 Å². The van der Waals surface area contributed by atoms with Gasteiger partial charge in [-0.2, -0.15) is 0 Å². The van der Waals surface area contributed by atoms with Crippen molar-refractivity contribution in [1.29, 1.82) is 0 Å². The van der Waals surface area contributed by atoms with Crippen molar-refractivity contribution in [2.75, 3.05) is 13.2 Å². The molecule has 0 heterocycles. The first-order valence-electron chi connectivity index (χ1n) is 18.5. The zero-order chi connectivity index (χ0) is 40.3. The lowest BCUT2D eigenvalue weighted by molar-refractivity contribution is -0.160. The zero-order valence-corrected chi connectivity index (χ0v) is 33.0. The summed E-state index contributed by atoms with van der Waals surface area (Å²) < 4.78 is 22.2. The molecule has 0 aromatic heterocycles. The van der Waals surface area contributed by atoms with Crippen LogP contribution >= 0.6 is 0 Å². The molecule has 3 aromatic carbocycles. The molecule has 296 valence electrons. The number of esters is 1. The average molecular weight is 759 g/mol. The lowest BCUT2D eigenvalue weighted by Gasteiger charge is -2.35. The second-order valence-corrected chi connectivity index (χ2v) is 15.7. The SMILES string of the molecule is CC(C)[C@H](NC(=O)OCC1c2ccccc2-c2ccccc21)C(=O)N(NC(=O)OC(C)(C)C)[C@@H](CCCNC(=O)OC(C)(C)C)C(=O)OCc1ccccc1. The molecule has 13 nitrogen and oxygen atoms in total. The number of nitrogens with zero attached hydrogens (tertiary/aromatic N) is 1. The van der Waals surface area contributed by atoms with Crippen LogP contribution in [0.1, 0.15) is 90.8 Å². The molecule has 4 amide bonds. The highest BCUT2D eigenvalue weighted by Crippen LogP contribution is 2.44. The third-order valence-corrected chi connectivity index (χ3v) is 8.53. The van der Waals surface area contributed by atoms with Gasteiger partial charge in [-0.05, 0) is 88.1 Å². The van der Waals surface area contributed by atoms with E-state index in [9.17, 15) is 24.0 Å². The van der Waals surface area contributed by atoms with Crippen molar-refractivity contribution >= 4 is 30.2 Å². The number of amides is 4. The number of alkyl carbamates (subject to hydrolysis) is 2. The van der Waals surface area contributed by atoms with Gasteiger partial charge in [-0.25, -0.2) is 29.6 Å². The van der Waals surface area contributed by atoms with Crippen molar-refractivity contribution in [3.63, 3.8) is 0 Å². The molecule has 3 aromatic rings. The van der Waals surface area contributed by atoms with Crippen LogP contribution in [0.2, 0.25) is 0 Å². The van der Waals surface area contributed by atoms with E-state index >= 15 is 0 Å². The van der Waals surface area contributed by atoms with Gasteiger partial charge in [0.25, 0.3) is 5.91 Å². The van der Waals surface area contributed by atoms with Crippen molar-refractivity contribution in [1.82, 2.24) is 21.1 Å². The van der Waals surface area contributed by atoms with Crippen molar-refractivity contribution in [2.45, 2.75) is 104 Å². The third kappa shape index (κ3) is 12.5. The molecule has 2 atom stereocenters. The molecule has 0 aliphatic heterocycles. The number of fused-ring (bicyclic) bond motifs is 3. The van der Waals surface area contributed by atoms with E-state index in [2.05, 4.69) is 16.1 Å². The molecular weight excluding hydrogens is 704 g/mol. The molecule has 0 saturated carbocycles. The van der Waals surface area contributed by atoms with Gasteiger partial charge < -0.3 is 29.6 Å². The number of carbonyl (C=O) groups is 5. The van der Waals surface area contributed by atoms with Gasteiger partial charge in [0, 0.05) is 12.5 Å². The van der Waals surface area contributed by atoms with Crippen LogP contribution in [-0.2, 0) is 35.1 Å². The highest BCUT2D eigenvalue weighted by molar-refractivity contribution is 5.91. The first kappa shape index (κ1) is 42.2. The zero-order valence-electron chi connectivity index (χ0n) is 33.0. The van der Waals surface area contributed by atoms with Crippen LogP contribution in [0.15, 0.2) is 78.9 Å². The number of hydrogen-bond donors (Lipinski definition) is 3. The molecular formula is C42H54N4O9. The standard InChI is InChI=1S/C42H54N4O9/c1-27(2)35(44-39(50)53-26-33-31-21-14-12-19-29(31)30-20-13-15-22-32(30)33)36(47)46(45-40(51)55-42(6,7)8)34(23-16-24-43-38(49)54-41(3,4)5)37(48)52-25-28-17-10-9-11-18-28/h9-15,17-22,27,33-35H,16,23-26H2,1-8H3,(H,43,49)(H,44,50)(H,45,51)/t34-,35-/m0/s1. The molecule has 3 N–H and O–H groups in total. The third-order valence-electron chi connectivity index (χ3n) is 8.53. The normalized spacial score (nSPS) is 13.4. The molecule has 1 aliphatic carbocycles. The summed E-state index contributed by atoms with van der Waals surface area (Å²) in [4.78, 5) is 67.4. The van der Waals surface area contributed by atoms with Crippen LogP contribution < -0.4 is 16.1 Å². The molecule has 0 saturated heterocycles. The van der Waals surface area contributed by atoms with Gasteiger partial charge in [0.1, 0.15) is 30.5 Å². The monoisotopic (exact) mass is 758 g/mol. The van der Waals surface area contributed by atoms with Crippen LogP contribution in [0.3, 0.4) is 0 Å². The Hall–Kier alpha value is -5.59. The van der Waals surface area contributed by atoms with Gasteiger partial charge in [-0.15, -0.1) is 0 Å². The van der Waals surface area contributed by atoms with Crippen molar-refractivity contribution < 1.29 is 42.9 Å². The van der Waals surface area contributed by atoms with Gasteiger partial charge in [0.15, 0.2) is 6.04 Å². The highest BCUT2D eigenvalue weighted by Gasteiger charge is 2.39. The maximum absolute atomic E-state index is 14.5. The van der Waals surface area contributed by atoms with E-state index in [0.717, 1.165) is 27.3 Å². The van der Waals surface area contributed by atoms with Gasteiger partial charge in [0.05, 0.1) is 0 Å². The summed E-state index contributed by atoms with van der Waals surface area (Å²) in [7, 11) is 0. The van der Waals surface area contributed by atoms with E-state index in [1.54, 1.807) is 79.7 Å². The highest BCUT2D eigenvalue weighted by atomic mass is 16.6. The first-order chi connectivity index (χ1) is 25.9. The number of carbonyl (C=O) groups excluding carboxylic acids is 5. The van der Waals surface area contributed by atoms with Crippen LogP contribution in [0.25, 0.3) is 11.1 Å². The predicted molar refractivity (Wildman–Crippen MR) is 207 cm³/mol. The van der Waals surface area contributed by atoms with Crippen LogP contribution in [0.5, 0.6) is 0 Å². The second kappa shape index (κ2) is 18.6. The fourth-order valence-electron chi connectivity index (χ4n) is 6.09. The minimum Gasteiger partial charge on any atom is -0.459 e. The smallest absolute Gasteiger partial charge is 0.426 e. The fourth-order valence-corrected chi connectivity index (χ4v) is 6.09. The summed E-state index contributed by atoms with van der Waals surface area (Å²) >= 11 is 0. The summed E-state index contributed by atoms with van der Waals surface area (Å²) in [5, 5.41) is 6.17. The molecule has 0 bridgehead atoms. The lowest BCUT2D eigenvalue weighted by atomic mass is 9.98. The summed E-state index contributed by atoms with van der Waals surface area (Å²) in [6.07, 6.45) is -2.38. The maximum atomic E-state index is 14.5. The Morgan fingerprint density at radius 3 is 1.82 bits per heavy atom. The van der Waals surface area contributed by atoms with Crippen molar-refractivity contribution in [2.24, 2.45) is 5.92 Å². The van der Waals surface area contributed by atoms with E-state index in [-0.39, 0.29) is 38.5 Å². The topological polar surface area (TPSA) is 162 Å². The number of benzene rings is 3. The molecule has 0 unspecified atom stereocenters. The van der Waals surface area contributed by atoms with E-state index in [1.165, 1.54) is 0 Å². The fraction of sp³-hybridized carbons (Fsp3) is 0.452. The summed E-state index contributed by atoms with van der Waals surface area (Å²) in [5.74, 6) is -2.37. The molecule has 0 spiro atoms. The molecule has 55 heavy (non-hydrogen) atoms. The van der Waals surface area contributed by atoms with Gasteiger partial charge in [-0.1, -0.05) is 92.7 Å². The Morgan fingerprint density at radius 1 is 0.709 bits per heavy atom. The average Bonchev–Trinajstić information content (AvgIpc) is 3.43. The minimum absolute atomic E-state index is 0.0117. The Kier molecular flexibility index (Phi) is 14.3. The number of ether oxygens (including phenoxy) is 4. The summed E-state index contributed by atoms with van der Waals surface area (Å²) in [6, 6.07) is 22.2. The van der Waals surface area contributed by atoms with Gasteiger partial charge in [-0.3, -0.25) is 4.79 Å². The Bertz CT molecular complexity index is 1750. The van der Waals surface area contributed by atoms with E-state index in [1.807, 2.05) is 54.6 Å². The van der Waals surface area contributed by atoms with E-state index in [0.29, 0.717) is 5.56 Å². The van der Waals surface area contributed by atoms with E-state index < -0.39 is 59.4 Å². The minimum atomic E-state index is -1.39. The van der Waals surface area contributed by atoms with Gasteiger partial charge in [0.2, 0.25) is 0 Å². The number of nitrogens with one attached hydrogen (secondary N) is 3. The number of hydrazine groups is 1. The number of rotatable bonds is 13. The molecule has 1 aliphatic rings. The molecule has 0 radical (unpaired) electrons. The Labute approximate surface area is 323 Å². The van der Waals surface area contributed by atoms with E-state index in [4.69, 9.17) is 18.9 Å². The largest absolute Gasteiger partial charge is 0.459 e.